The Hall–Kier alpha value is -2.73. The molecule has 3 aromatic heterocycles. The van der Waals surface area contributed by atoms with Gasteiger partial charge in [0.15, 0.2) is 5.11 Å². The number of aromatic nitrogens is 3. The SMILES string of the molecule is S=C1N[C@@H](c2ccccn2)[C@@H](c2cccn2C2CCCCC2)N1Cc1ccccn1. The smallest absolute Gasteiger partial charge is 0.170 e. The molecule has 2 fully saturated rings. The van der Waals surface area contributed by atoms with Crippen molar-refractivity contribution in [3.63, 3.8) is 0 Å². The second kappa shape index (κ2) is 8.56. The highest BCUT2D eigenvalue weighted by Crippen LogP contribution is 2.41. The van der Waals surface area contributed by atoms with Crippen molar-refractivity contribution < 1.29 is 0 Å². The van der Waals surface area contributed by atoms with Gasteiger partial charge < -0.3 is 14.8 Å². The zero-order valence-electron chi connectivity index (χ0n) is 17.0. The van der Waals surface area contributed by atoms with Crippen LogP contribution in [0.4, 0.5) is 0 Å². The van der Waals surface area contributed by atoms with Gasteiger partial charge in [0, 0.05) is 30.3 Å². The molecule has 0 radical (unpaired) electrons. The molecule has 3 aromatic rings. The summed E-state index contributed by atoms with van der Waals surface area (Å²) in [5, 5.41) is 4.32. The van der Waals surface area contributed by atoms with E-state index >= 15 is 0 Å². The van der Waals surface area contributed by atoms with Crippen molar-refractivity contribution in [2.24, 2.45) is 0 Å². The molecule has 5 rings (SSSR count). The first-order chi connectivity index (χ1) is 14.8. The third-order valence-corrected chi connectivity index (χ3v) is 6.69. The van der Waals surface area contributed by atoms with Crippen LogP contribution in [0.3, 0.4) is 0 Å². The Balaban J connectivity index is 1.54. The van der Waals surface area contributed by atoms with Crippen molar-refractivity contribution in [1.29, 1.82) is 0 Å². The summed E-state index contributed by atoms with van der Waals surface area (Å²) in [6, 6.07) is 17.2. The maximum absolute atomic E-state index is 5.82. The molecule has 6 heteroatoms. The van der Waals surface area contributed by atoms with E-state index in [9.17, 15) is 0 Å². The fourth-order valence-corrected chi connectivity index (χ4v) is 5.22. The lowest BCUT2D eigenvalue weighted by atomic mass is 9.94. The molecule has 1 aliphatic heterocycles. The highest BCUT2D eigenvalue weighted by atomic mass is 32.1. The van der Waals surface area contributed by atoms with Crippen LogP contribution in [0.15, 0.2) is 67.1 Å². The number of hydrogen-bond acceptors (Lipinski definition) is 3. The molecule has 1 saturated carbocycles. The van der Waals surface area contributed by atoms with Gasteiger partial charge in [-0.3, -0.25) is 9.97 Å². The van der Waals surface area contributed by atoms with Crippen molar-refractivity contribution in [3.8, 4) is 0 Å². The molecule has 154 valence electrons. The number of hydrogen-bond donors (Lipinski definition) is 1. The van der Waals surface area contributed by atoms with E-state index in [0.29, 0.717) is 12.6 Å². The highest BCUT2D eigenvalue weighted by Gasteiger charge is 2.41. The van der Waals surface area contributed by atoms with Crippen molar-refractivity contribution in [2.45, 2.75) is 56.8 Å². The highest BCUT2D eigenvalue weighted by molar-refractivity contribution is 7.80. The van der Waals surface area contributed by atoms with E-state index < -0.39 is 0 Å². The summed E-state index contributed by atoms with van der Waals surface area (Å²) < 4.78 is 2.50. The van der Waals surface area contributed by atoms with Crippen LogP contribution in [0.1, 0.15) is 67.3 Å². The van der Waals surface area contributed by atoms with Crippen LogP contribution in [0.25, 0.3) is 0 Å². The van der Waals surface area contributed by atoms with E-state index in [1.807, 2.05) is 36.7 Å². The topological polar surface area (TPSA) is 46.0 Å². The molecule has 0 bridgehead atoms. The Morgan fingerprint density at radius 3 is 2.47 bits per heavy atom. The van der Waals surface area contributed by atoms with E-state index in [-0.39, 0.29) is 12.1 Å². The molecule has 4 heterocycles. The lowest BCUT2D eigenvalue weighted by Gasteiger charge is -2.32. The third kappa shape index (κ3) is 3.72. The van der Waals surface area contributed by atoms with Gasteiger partial charge in [0.25, 0.3) is 0 Å². The number of nitrogens with one attached hydrogen (secondary N) is 1. The molecular formula is C24H27N5S. The summed E-state index contributed by atoms with van der Waals surface area (Å²) in [5.74, 6) is 0. The minimum Gasteiger partial charge on any atom is -0.352 e. The molecule has 30 heavy (non-hydrogen) atoms. The average Bonchev–Trinajstić information content (AvgIpc) is 3.40. The minimum atomic E-state index is 0.0136. The first-order valence-corrected chi connectivity index (χ1v) is 11.3. The minimum absolute atomic E-state index is 0.0136. The van der Waals surface area contributed by atoms with Gasteiger partial charge in [-0.05, 0) is 61.5 Å². The quantitative estimate of drug-likeness (QED) is 0.595. The summed E-state index contributed by atoms with van der Waals surface area (Å²) in [4.78, 5) is 11.5. The molecule has 2 atom stereocenters. The van der Waals surface area contributed by atoms with E-state index in [2.05, 4.69) is 55.2 Å². The summed E-state index contributed by atoms with van der Waals surface area (Å²) in [6.07, 6.45) is 12.4. The van der Waals surface area contributed by atoms with Crippen molar-refractivity contribution in [1.82, 2.24) is 24.8 Å². The maximum atomic E-state index is 5.82. The summed E-state index contributed by atoms with van der Waals surface area (Å²) in [5.41, 5.74) is 3.34. The monoisotopic (exact) mass is 417 g/mol. The van der Waals surface area contributed by atoms with Crippen LogP contribution in [-0.4, -0.2) is 24.5 Å². The van der Waals surface area contributed by atoms with Gasteiger partial charge in [-0.1, -0.05) is 31.4 Å². The largest absolute Gasteiger partial charge is 0.352 e. The molecule has 1 N–H and O–H groups in total. The summed E-state index contributed by atoms with van der Waals surface area (Å²) >= 11 is 5.82. The lowest BCUT2D eigenvalue weighted by molar-refractivity contribution is 0.273. The first kappa shape index (κ1) is 19.2. The zero-order valence-corrected chi connectivity index (χ0v) is 17.8. The molecule has 1 saturated heterocycles. The van der Waals surface area contributed by atoms with E-state index in [1.165, 1.54) is 37.8 Å². The Kier molecular flexibility index (Phi) is 5.49. The average molecular weight is 418 g/mol. The third-order valence-electron chi connectivity index (χ3n) is 6.34. The first-order valence-electron chi connectivity index (χ1n) is 10.9. The van der Waals surface area contributed by atoms with Gasteiger partial charge >= 0.3 is 0 Å². The Morgan fingerprint density at radius 2 is 1.73 bits per heavy atom. The van der Waals surface area contributed by atoms with Crippen molar-refractivity contribution >= 4 is 17.3 Å². The van der Waals surface area contributed by atoms with Gasteiger partial charge in [-0.2, -0.15) is 0 Å². The molecule has 0 aromatic carbocycles. The van der Waals surface area contributed by atoms with Crippen LogP contribution in [0.5, 0.6) is 0 Å². The summed E-state index contributed by atoms with van der Waals surface area (Å²) in [7, 11) is 0. The molecule has 0 spiro atoms. The van der Waals surface area contributed by atoms with Gasteiger partial charge in [0.05, 0.1) is 30.0 Å². The number of thiocarbonyl (C=S) groups is 1. The molecule has 0 amide bonds. The fraction of sp³-hybridized carbons (Fsp3) is 0.375. The van der Waals surface area contributed by atoms with Crippen LogP contribution >= 0.6 is 12.2 Å². The second-order valence-corrected chi connectivity index (χ2v) is 8.59. The van der Waals surface area contributed by atoms with Crippen LogP contribution in [0.2, 0.25) is 0 Å². The lowest BCUT2D eigenvalue weighted by Crippen LogP contribution is -2.31. The standard InChI is InChI=1S/C24H27N5S/c30-24-27-22(20-12-5-7-15-26-20)23(29(24)17-18-9-4-6-14-25-18)21-13-8-16-28(21)19-10-2-1-3-11-19/h4-9,12-16,19,22-23H,1-3,10-11,17H2,(H,27,30)/t22-,23+/m0/s1. The molecule has 1 aliphatic carbocycles. The molecule has 0 unspecified atom stereocenters. The van der Waals surface area contributed by atoms with Crippen LogP contribution < -0.4 is 5.32 Å². The predicted octanol–water partition coefficient (Wildman–Crippen LogP) is 4.96. The normalized spacial score (nSPS) is 22.3. The van der Waals surface area contributed by atoms with Crippen molar-refractivity contribution in [2.75, 3.05) is 0 Å². The van der Waals surface area contributed by atoms with Gasteiger partial charge in [0.1, 0.15) is 0 Å². The number of nitrogens with zero attached hydrogens (tertiary/aromatic N) is 4. The van der Waals surface area contributed by atoms with Crippen LogP contribution in [0, 0.1) is 0 Å². The zero-order chi connectivity index (χ0) is 20.3. The van der Waals surface area contributed by atoms with Crippen LogP contribution in [-0.2, 0) is 6.54 Å². The maximum Gasteiger partial charge on any atom is 0.170 e. The van der Waals surface area contributed by atoms with Gasteiger partial charge in [0.2, 0.25) is 0 Å². The van der Waals surface area contributed by atoms with E-state index in [1.54, 1.807) is 0 Å². The van der Waals surface area contributed by atoms with Gasteiger partial charge in [-0.15, -0.1) is 0 Å². The Morgan fingerprint density at radius 1 is 0.933 bits per heavy atom. The molecule has 5 nitrogen and oxygen atoms in total. The number of rotatable bonds is 5. The Labute approximate surface area is 183 Å². The second-order valence-electron chi connectivity index (χ2n) is 8.21. The summed E-state index contributed by atoms with van der Waals surface area (Å²) in [6.45, 7) is 0.677. The van der Waals surface area contributed by atoms with E-state index in [4.69, 9.17) is 12.2 Å². The molecule has 2 aliphatic rings. The fourth-order valence-electron chi connectivity index (χ4n) is 4.91. The van der Waals surface area contributed by atoms with Crippen molar-refractivity contribution in [3.05, 3.63) is 84.2 Å². The molecular weight excluding hydrogens is 390 g/mol. The van der Waals surface area contributed by atoms with E-state index in [0.717, 1.165) is 16.5 Å². The Bertz CT molecular complexity index is 981. The predicted molar refractivity (Wildman–Crippen MR) is 122 cm³/mol. The van der Waals surface area contributed by atoms with Gasteiger partial charge in [-0.25, -0.2) is 0 Å². The number of pyridine rings is 2.